The number of hydrogen-bond donors (Lipinski definition) is 1. The lowest BCUT2D eigenvalue weighted by Crippen LogP contribution is -2.55. The van der Waals surface area contributed by atoms with Gasteiger partial charge in [-0.1, -0.05) is 13.0 Å². The van der Waals surface area contributed by atoms with Gasteiger partial charge >= 0.3 is 0 Å². The van der Waals surface area contributed by atoms with Crippen molar-refractivity contribution in [3.8, 4) is 0 Å². The minimum absolute atomic E-state index is 0.569. The molecule has 1 N–H and O–H groups in total. The molecule has 86 valence electrons. The summed E-state index contributed by atoms with van der Waals surface area (Å²) in [4.78, 5) is 7.32. The second-order valence-corrected chi connectivity index (χ2v) is 4.91. The van der Waals surface area contributed by atoms with Gasteiger partial charge in [0.05, 0.1) is 0 Å². The van der Waals surface area contributed by atoms with Crippen LogP contribution in [-0.4, -0.2) is 30.2 Å². The highest BCUT2D eigenvalue weighted by Crippen LogP contribution is 2.33. The van der Waals surface area contributed by atoms with E-state index in [-0.39, 0.29) is 0 Å². The zero-order valence-corrected chi connectivity index (χ0v) is 10.0. The third-order valence-electron chi connectivity index (χ3n) is 3.76. The van der Waals surface area contributed by atoms with E-state index in [4.69, 9.17) is 4.98 Å². The molecule has 1 aromatic rings. The Balaban J connectivity index is 2.01. The molecule has 2 aliphatic heterocycles. The van der Waals surface area contributed by atoms with Gasteiger partial charge < -0.3 is 10.2 Å². The van der Waals surface area contributed by atoms with Crippen molar-refractivity contribution in [2.24, 2.45) is 0 Å². The smallest absolute Gasteiger partial charge is 0.132 e. The highest BCUT2D eigenvalue weighted by atomic mass is 15.3. The Morgan fingerprint density at radius 2 is 2.31 bits per heavy atom. The van der Waals surface area contributed by atoms with Crippen LogP contribution in [0.1, 0.15) is 25.1 Å². The quantitative estimate of drug-likeness (QED) is 0.770. The first-order chi connectivity index (χ1) is 7.79. The van der Waals surface area contributed by atoms with Crippen molar-refractivity contribution < 1.29 is 0 Å². The topological polar surface area (TPSA) is 28.2 Å². The van der Waals surface area contributed by atoms with Gasteiger partial charge in [0, 0.05) is 30.9 Å². The van der Waals surface area contributed by atoms with Crippen molar-refractivity contribution in [3.63, 3.8) is 0 Å². The lowest BCUT2D eigenvalue weighted by Gasteiger charge is -2.37. The van der Waals surface area contributed by atoms with E-state index in [1.165, 1.54) is 17.1 Å². The van der Waals surface area contributed by atoms with Crippen LogP contribution in [0.5, 0.6) is 0 Å². The van der Waals surface area contributed by atoms with Crippen LogP contribution in [0.2, 0.25) is 0 Å². The number of hydrogen-bond acceptors (Lipinski definition) is 3. The molecule has 0 amide bonds. The molecule has 2 atom stereocenters. The summed E-state index contributed by atoms with van der Waals surface area (Å²) in [6.45, 7) is 6.63. The maximum absolute atomic E-state index is 4.80. The summed E-state index contributed by atoms with van der Waals surface area (Å²) >= 11 is 0. The van der Waals surface area contributed by atoms with Gasteiger partial charge in [0.1, 0.15) is 5.82 Å². The van der Waals surface area contributed by atoms with Crippen molar-refractivity contribution in [3.05, 3.63) is 23.4 Å². The van der Waals surface area contributed by atoms with Gasteiger partial charge in [-0.05, 0) is 31.4 Å². The molecule has 3 nitrogen and oxygen atoms in total. The first-order valence-corrected chi connectivity index (χ1v) is 6.27. The zero-order chi connectivity index (χ0) is 11.1. The van der Waals surface area contributed by atoms with Crippen LogP contribution in [-0.2, 0) is 12.8 Å². The molecule has 0 bridgehead atoms. The Bertz CT molecular complexity index is 402. The van der Waals surface area contributed by atoms with Gasteiger partial charge in [0.2, 0.25) is 0 Å². The third-order valence-corrected chi connectivity index (χ3v) is 3.76. The van der Waals surface area contributed by atoms with Gasteiger partial charge in [-0.2, -0.15) is 0 Å². The van der Waals surface area contributed by atoms with E-state index in [1.54, 1.807) is 0 Å². The predicted molar refractivity (Wildman–Crippen MR) is 65.9 cm³/mol. The molecule has 0 saturated carbocycles. The Hall–Kier alpha value is -1.09. The van der Waals surface area contributed by atoms with Gasteiger partial charge in [0.25, 0.3) is 0 Å². The number of piperazine rings is 1. The molecular formula is C13H19N3. The lowest BCUT2D eigenvalue weighted by atomic mass is 10.1. The van der Waals surface area contributed by atoms with Gasteiger partial charge in [0.15, 0.2) is 0 Å². The summed E-state index contributed by atoms with van der Waals surface area (Å²) < 4.78 is 0. The largest absolute Gasteiger partial charge is 0.348 e. The fourth-order valence-corrected chi connectivity index (χ4v) is 2.92. The Kier molecular flexibility index (Phi) is 2.36. The molecule has 2 aliphatic rings. The van der Waals surface area contributed by atoms with Crippen LogP contribution < -0.4 is 10.2 Å². The normalized spacial score (nSPS) is 27.8. The van der Waals surface area contributed by atoms with Crippen LogP contribution in [0.15, 0.2) is 12.1 Å². The second-order valence-electron chi connectivity index (χ2n) is 4.91. The van der Waals surface area contributed by atoms with Crippen LogP contribution in [0.4, 0.5) is 5.82 Å². The number of anilines is 1. The average Bonchev–Trinajstić information content (AvgIpc) is 2.67. The minimum Gasteiger partial charge on any atom is -0.348 e. The van der Waals surface area contributed by atoms with E-state index in [0.29, 0.717) is 12.1 Å². The fourth-order valence-electron chi connectivity index (χ4n) is 2.92. The van der Waals surface area contributed by atoms with Crippen molar-refractivity contribution in [1.82, 2.24) is 10.3 Å². The molecule has 16 heavy (non-hydrogen) atoms. The number of nitrogens with one attached hydrogen (secondary N) is 1. The molecule has 3 heteroatoms. The van der Waals surface area contributed by atoms with Gasteiger partial charge in [-0.3, -0.25) is 0 Å². The summed E-state index contributed by atoms with van der Waals surface area (Å²) in [5, 5.41) is 3.50. The van der Waals surface area contributed by atoms with Crippen molar-refractivity contribution in [2.75, 3.05) is 18.0 Å². The average molecular weight is 217 g/mol. The van der Waals surface area contributed by atoms with Gasteiger partial charge in [-0.25, -0.2) is 4.98 Å². The molecule has 0 radical (unpaired) electrons. The standard InChI is InChI=1S/C13H19N3/c1-3-11-5-4-10-6-12-8-14-7-9(2)16(12)13(10)15-11/h4-5,9,12,14H,3,6-8H2,1-2H3/t9-,12?/m1/s1. The second kappa shape index (κ2) is 3.74. The number of nitrogens with zero attached hydrogens (tertiary/aromatic N) is 2. The highest BCUT2D eigenvalue weighted by molar-refractivity contribution is 5.56. The Morgan fingerprint density at radius 1 is 1.44 bits per heavy atom. The molecule has 0 spiro atoms. The van der Waals surface area contributed by atoms with Crippen LogP contribution in [0.3, 0.4) is 0 Å². The van der Waals surface area contributed by atoms with E-state index >= 15 is 0 Å². The van der Waals surface area contributed by atoms with E-state index in [9.17, 15) is 0 Å². The summed E-state index contributed by atoms with van der Waals surface area (Å²) in [5.74, 6) is 1.25. The van der Waals surface area contributed by atoms with Crippen LogP contribution in [0.25, 0.3) is 0 Å². The molecule has 1 unspecified atom stereocenters. The number of aryl methyl sites for hydroxylation is 1. The number of aromatic nitrogens is 1. The predicted octanol–water partition coefficient (Wildman–Crippen LogP) is 1.37. The molecule has 3 rings (SSSR count). The van der Waals surface area contributed by atoms with E-state index in [0.717, 1.165) is 25.9 Å². The SMILES string of the molecule is CCc1ccc2c(n1)N1C(CNC[C@H]1C)C2. The molecule has 1 saturated heterocycles. The first-order valence-electron chi connectivity index (χ1n) is 6.27. The maximum Gasteiger partial charge on any atom is 0.132 e. The monoisotopic (exact) mass is 217 g/mol. The van der Waals surface area contributed by atoms with E-state index in [1.807, 2.05) is 0 Å². The van der Waals surface area contributed by atoms with Crippen molar-refractivity contribution in [2.45, 2.75) is 38.8 Å². The first kappa shape index (κ1) is 10.1. The number of fused-ring (bicyclic) bond motifs is 3. The van der Waals surface area contributed by atoms with Gasteiger partial charge in [-0.15, -0.1) is 0 Å². The molecule has 1 fully saturated rings. The number of pyridine rings is 1. The zero-order valence-electron chi connectivity index (χ0n) is 10.0. The summed E-state index contributed by atoms with van der Waals surface area (Å²) in [7, 11) is 0. The molecule has 0 aromatic carbocycles. The van der Waals surface area contributed by atoms with Crippen LogP contribution in [0, 0.1) is 0 Å². The Labute approximate surface area is 96.9 Å². The maximum atomic E-state index is 4.80. The van der Waals surface area contributed by atoms with Crippen molar-refractivity contribution in [1.29, 1.82) is 0 Å². The summed E-state index contributed by atoms with van der Waals surface area (Å²) in [5.41, 5.74) is 2.64. The molecule has 1 aromatic heterocycles. The lowest BCUT2D eigenvalue weighted by molar-refractivity contribution is 0.427. The van der Waals surface area contributed by atoms with E-state index < -0.39 is 0 Å². The highest BCUT2D eigenvalue weighted by Gasteiger charge is 2.35. The fraction of sp³-hybridized carbons (Fsp3) is 0.615. The summed E-state index contributed by atoms with van der Waals surface area (Å²) in [6.07, 6.45) is 2.18. The third kappa shape index (κ3) is 1.42. The minimum atomic E-state index is 0.569. The molecule has 0 aliphatic carbocycles. The summed E-state index contributed by atoms with van der Waals surface area (Å²) in [6, 6.07) is 5.64. The number of rotatable bonds is 1. The van der Waals surface area contributed by atoms with Crippen LogP contribution >= 0.6 is 0 Å². The van der Waals surface area contributed by atoms with E-state index in [2.05, 4.69) is 36.2 Å². The van der Waals surface area contributed by atoms with Crippen molar-refractivity contribution >= 4 is 5.82 Å². The Morgan fingerprint density at radius 3 is 3.12 bits per heavy atom. The molecular weight excluding hydrogens is 198 g/mol. The molecule has 3 heterocycles.